The van der Waals surface area contributed by atoms with Crippen LogP contribution in [-0.4, -0.2) is 31.1 Å². The highest BCUT2D eigenvalue weighted by molar-refractivity contribution is 9.10. The van der Waals surface area contributed by atoms with E-state index < -0.39 is 0 Å². The lowest BCUT2D eigenvalue weighted by Crippen LogP contribution is -2.38. The van der Waals surface area contributed by atoms with Crippen molar-refractivity contribution >= 4 is 21.9 Å². The molecule has 104 valence electrons. The molecule has 0 aliphatic carbocycles. The van der Waals surface area contributed by atoms with E-state index in [0.29, 0.717) is 13.1 Å². The molecule has 1 heterocycles. The van der Waals surface area contributed by atoms with E-state index >= 15 is 0 Å². The minimum Gasteiger partial charge on any atom is -0.469 e. The molecule has 0 aromatic heterocycles. The van der Waals surface area contributed by atoms with Crippen LogP contribution in [0.3, 0.4) is 0 Å². The number of rotatable bonds is 3. The second kappa shape index (κ2) is 6.48. The molecule has 1 fully saturated rings. The van der Waals surface area contributed by atoms with Gasteiger partial charge in [-0.2, -0.15) is 0 Å². The molecule has 1 saturated heterocycles. The van der Waals surface area contributed by atoms with Crippen molar-refractivity contribution in [1.29, 1.82) is 0 Å². The van der Waals surface area contributed by atoms with Crippen LogP contribution in [-0.2, 0) is 16.1 Å². The Morgan fingerprint density at radius 3 is 3.05 bits per heavy atom. The lowest BCUT2D eigenvalue weighted by atomic mass is 9.98. The molecule has 0 bridgehead atoms. The van der Waals surface area contributed by atoms with Crippen LogP contribution in [0.4, 0.5) is 4.39 Å². The molecule has 1 atom stereocenters. The Labute approximate surface area is 120 Å². The van der Waals surface area contributed by atoms with Gasteiger partial charge in [0.1, 0.15) is 5.82 Å². The number of halogens is 2. The number of carbonyl (C=O) groups excluding carboxylic acids is 1. The van der Waals surface area contributed by atoms with Crippen molar-refractivity contribution in [3.05, 3.63) is 34.1 Å². The first-order valence-corrected chi connectivity index (χ1v) is 7.13. The summed E-state index contributed by atoms with van der Waals surface area (Å²) in [5, 5.41) is 0. The second-order valence-corrected chi connectivity index (χ2v) is 5.69. The Morgan fingerprint density at radius 2 is 2.37 bits per heavy atom. The van der Waals surface area contributed by atoms with Gasteiger partial charge in [0.05, 0.1) is 13.0 Å². The molecule has 19 heavy (non-hydrogen) atoms. The van der Waals surface area contributed by atoms with Crippen LogP contribution in [0.25, 0.3) is 0 Å². The molecule has 3 nitrogen and oxygen atoms in total. The molecular weight excluding hydrogens is 313 g/mol. The molecule has 0 spiro atoms. The first kappa shape index (κ1) is 14.5. The topological polar surface area (TPSA) is 29.5 Å². The maximum Gasteiger partial charge on any atom is 0.309 e. The van der Waals surface area contributed by atoms with Crippen LogP contribution in [0.15, 0.2) is 22.7 Å². The van der Waals surface area contributed by atoms with Gasteiger partial charge in [0.25, 0.3) is 0 Å². The number of carbonyl (C=O) groups is 1. The predicted molar refractivity (Wildman–Crippen MR) is 74.1 cm³/mol. The summed E-state index contributed by atoms with van der Waals surface area (Å²) in [6.07, 6.45) is 1.87. The standard InChI is InChI=1S/C14H17BrFNO2/c1-19-14(18)11-3-2-6-17(9-11)8-10-4-5-12(16)7-13(10)15/h4-5,7,11H,2-3,6,8-9H2,1H3. The minimum atomic E-state index is -0.248. The van der Waals surface area contributed by atoms with Gasteiger partial charge in [0, 0.05) is 17.6 Å². The Balaban J connectivity index is 2.00. The number of esters is 1. The Morgan fingerprint density at radius 1 is 1.58 bits per heavy atom. The van der Waals surface area contributed by atoms with Crippen LogP contribution in [0.2, 0.25) is 0 Å². The average Bonchev–Trinajstić information content (AvgIpc) is 2.41. The number of piperidine rings is 1. The van der Waals surface area contributed by atoms with Crippen LogP contribution in [0.5, 0.6) is 0 Å². The lowest BCUT2D eigenvalue weighted by Gasteiger charge is -2.31. The van der Waals surface area contributed by atoms with Crippen LogP contribution >= 0.6 is 15.9 Å². The van der Waals surface area contributed by atoms with Crippen molar-refractivity contribution in [3.63, 3.8) is 0 Å². The number of nitrogens with zero attached hydrogens (tertiary/aromatic N) is 1. The summed E-state index contributed by atoms with van der Waals surface area (Å²) in [5.41, 5.74) is 1.03. The second-order valence-electron chi connectivity index (χ2n) is 4.83. The highest BCUT2D eigenvalue weighted by Crippen LogP contribution is 2.23. The number of benzene rings is 1. The maximum absolute atomic E-state index is 13.0. The Kier molecular flexibility index (Phi) is 4.93. The largest absolute Gasteiger partial charge is 0.469 e. The van der Waals surface area contributed by atoms with Gasteiger partial charge >= 0.3 is 5.97 Å². The van der Waals surface area contributed by atoms with Crippen molar-refractivity contribution in [2.24, 2.45) is 5.92 Å². The van der Waals surface area contributed by atoms with Crippen molar-refractivity contribution in [1.82, 2.24) is 4.90 Å². The molecule has 2 rings (SSSR count). The fraction of sp³-hybridized carbons (Fsp3) is 0.500. The van der Waals surface area contributed by atoms with E-state index in [9.17, 15) is 9.18 Å². The average molecular weight is 330 g/mol. The maximum atomic E-state index is 13.0. The molecule has 1 unspecified atom stereocenters. The molecular formula is C14H17BrFNO2. The van der Waals surface area contributed by atoms with E-state index in [0.717, 1.165) is 29.4 Å². The van der Waals surface area contributed by atoms with Gasteiger partial charge in [-0.3, -0.25) is 9.69 Å². The molecule has 1 aromatic carbocycles. The number of ether oxygens (including phenoxy) is 1. The molecule has 0 amide bonds. The molecule has 1 aromatic rings. The monoisotopic (exact) mass is 329 g/mol. The summed E-state index contributed by atoms with van der Waals surface area (Å²) in [7, 11) is 1.43. The van der Waals surface area contributed by atoms with E-state index in [4.69, 9.17) is 4.74 Å². The smallest absolute Gasteiger partial charge is 0.309 e. The van der Waals surface area contributed by atoms with Gasteiger partial charge in [-0.25, -0.2) is 4.39 Å². The quantitative estimate of drug-likeness (QED) is 0.798. The summed E-state index contributed by atoms with van der Waals surface area (Å²) < 4.78 is 18.6. The summed E-state index contributed by atoms with van der Waals surface area (Å²) in [6.45, 7) is 2.38. The minimum absolute atomic E-state index is 0.0435. The van der Waals surface area contributed by atoms with Gasteiger partial charge in [0.15, 0.2) is 0 Å². The number of hydrogen-bond acceptors (Lipinski definition) is 3. The van der Waals surface area contributed by atoms with Crippen LogP contribution in [0.1, 0.15) is 18.4 Å². The molecule has 0 radical (unpaired) electrons. The Hall–Kier alpha value is -0.940. The molecule has 5 heteroatoms. The summed E-state index contributed by atoms with van der Waals surface area (Å²) >= 11 is 3.37. The van der Waals surface area contributed by atoms with Gasteiger partial charge < -0.3 is 4.74 Å². The zero-order chi connectivity index (χ0) is 13.8. The molecule has 1 aliphatic heterocycles. The zero-order valence-electron chi connectivity index (χ0n) is 10.9. The first-order valence-electron chi connectivity index (χ1n) is 6.34. The van der Waals surface area contributed by atoms with Gasteiger partial charge in [-0.1, -0.05) is 22.0 Å². The third-order valence-electron chi connectivity index (χ3n) is 3.45. The highest BCUT2D eigenvalue weighted by atomic mass is 79.9. The number of methoxy groups -OCH3 is 1. The van der Waals surface area contributed by atoms with E-state index in [1.165, 1.54) is 19.2 Å². The van der Waals surface area contributed by atoms with Gasteiger partial charge in [0.2, 0.25) is 0 Å². The molecule has 0 N–H and O–H groups in total. The van der Waals surface area contributed by atoms with E-state index in [1.807, 2.05) is 0 Å². The Bertz CT molecular complexity index is 467. The third-order valence-corrected chi connectivity index (χ3v) is 4.19. The lowest BCUT2D eigenvalue weighted by molar-refractivity contribution is -0.147. The van der Waals surface area contributed by atoms with Crippen LogP contribution < -0.4 is 0 Å². The van der Waals surface area contributed by atoms with Crippen LogP contribution in [0, 0.1) is 11.7 Å². The van der Waals surface area contributed by atoms with E-state index in [-0.39, 0.29) is 17.7 Å². The molecule has 1 aliphatic rings. The predicted octanol–water partition coefficient (Wildman–Crippen LogP) is 2.97. The number of hydrogen-bond donors (Lipinski definition) is 0. The first-order chi connectivity index (χ1) is 9.10. The zero-order valence-corrected chi connectivity index (χ0v) is 12.5. The fourth-order valence-electron chi connectivity index (χ4n) is 2.45. The van der Waals surface area contributed by atoms with Crippen molar-refractivity contribution in [2.45, 2.75) is 19.4 Å². The third kappa shape index (κ3) is 3.76. The normalized spacial score (nSPS) is 20.3. The van der Waals surface area contributed by atoms with Gasteiger partial charge in [-0.15, -0.1) is 0 Å². The number of likely N-dealkylation sites (tertiary alicyclic amines) is 1. The summed E-state index contributed by atoms with van der Waals surface area (Å²) in [6, 6.07) is 4.71. The molecule has 0 saturated carbocycles. The fourth-order valence-corrected chi connectivity index (χ4v) is 2.93. The summed E-state index contributed by atoms with van der Waals surface area (Å²) in [5.74, 6) is -0.428. The van der Waals surface area contributed by atoms with Crippen molar-refractivity contribution < 1.29 is 13.9 Å². The van der Waals surface area contributed by atoms with Gasteiger partial charge in [-0.05, 0) is 37.1 Å². The van der Waals surface area contributed by atoms with E-state index in [2.05, 4.69) is 20.8 Å². The van der Waals surface area contributed by atoms with Crippen molar-refractivity contribution in [2.75, 3.05) is 20.2 Å². The highest BCUT2D eigenvalue weighted by Gasteiger charge is 2.26. The van der Waals surface area contributed by atoms with E-state index in [1.54, 1.807) is 6.07 Å². The SMILES string of the molecule is COC(=O)C1CCCN(Cc2ccc(F)cc2Br)C1. The van der Waals surface area contributed by atoms with Crippen molar-refractivity contribution in [3.8, 4) is 0 Å². The summed E-state index contributed by atoms with van der Waals surface area (Å²) in [4.78, 5) is 13.8.